The van der Waals surface area contributed by atoms with Crippen LogP contribution < -0.4 is 35.6 Å². The molecule has 0 bridgehead atoms. The van der Waals surface area contributed by atoms with E-state index in [4.69, 9.17) is 35.3 Å². The molecule has 33 heteroatoms. The van der Waals surface area contributed by atoms with Crippen molar-refractivity contribution in [2.24, 2.45) is 16.7 Å². The molecule has 119 heavy (non-hydrogen) atoms. The van der Waals surface area contributed by atoms with Gasteiger partial charge in [0.1, 0.15) is 41.3 Å². The van der Waals surface area contributed by atoms with Crippen molar-refractivity contribution in [1.29, 1.82) is 0 Å². The number of aryl methyl sites for hydroxylation is 2. The van der Waals surface area contributed by atoms with Gasteiger partial charge in [0.15, 0.2) is 0 Å². The lowest BCUT2D eigenvalue weighted by Gasteiger charge is -2.38. The van der Waals surface area contributed by atoms with Crippen molar-refractivity contribution in [3.8, 4) is 5.75 Å². The number of hydrogen-bond donors (Lipinski definition) is 5. The van der Waals surface area contributed by atoms with Crippen LogP contribution in [0.2, 0.25) is 5.02 Å². The number of likely N-dealkylation sites (N-methyl/N-ethyl adjacent to an activating group) is 1. The number of piperazine rings is 1. The molecule has 6 aromatic rings. The van der Waals surface area contributed by atoms with Gasteiger partial charge in [-0.2, -0.15) is 13.2 Å². The number of allylic oxidation sites excluding steroid dienone is 2. The molecule has 2 aliphatic carbocycles. The Morgan fingerprint density at radius 3 is 2.21 bits per heavy atom. The van der Waals surface area contributed by atoms with Crippen LogP contribution in [0.3, 0.4) is 0 Å². The van der Waals surface area contributed by atoms with Crippen molar-refractivity contribution < 1.29 is 77.7 Å². The summed E-state index contributed by atoms with van der Waals surface area (Å²) >= 11 is 7.65. The Bertz CT molecular complexity index is 4740. The van der Waals surface area contributed by atoms with Crippen molar-refractivity contribution in [2.45, 2.75) is 194 Å². The number of anilines is 2. The lowest BCUT2D eigenvalue weighted by Crippen LogP contribution is -2.58. The maximum absolute atomic E-state index is 14.6. The van der Waals surface area contributed by atoms with Crippen LogP contribution in [0.4, 0.5) is 24.5 Å². The first-order valence-electron chi connectivity index (χ1n) is 41.3. The van der Waals surface area contributed by atoms with Gasteiger partial charge in [0.25, 0.3) is 25.8 Å². The van der Waals surface area contributed by atoms with E-state index in [9.17, 15) is 54.0 Å². The number of amides is 5. The van der Waals surface area contributed by atoms with Gasteiger partial charge >= 0.3 is 5.51 Å². The number of carbonyl (C=O) groups excluding carboxylic acids is 5. The maximum atomic E-state index is 14.6. The molecule has 5 amide bonds. The second-order valence-corrected chi connectivity index (χ2v) is 38.3. The number of fused-ring (bicyclic) bond motifs is 2. The number of halogens is 4. The third-order valence-corrected chi connectivity index (χ3v) is 27.7. The molecule has 5 heterocycles. The van der Waals surface area contributed by atoms with Crippen molar-refractivity contribution in [3.05, 3.63) is 160 Å². The van der Waals surface area contributed by atoms with E-state index in [2.05, 4.69) is 67.4 Å². The molecular formula is C86H112ClF3N12O14S3. The molecule has 6 aliphatic rings. The molecular weight excluding hydrogens is 1610 g/mol. The van der Waals surface area contributed by atoms with Crippen LogP contribution in [0.15, 0.2) is 142 Å². The van der Waals surface area contributed by atoms with E-state index < -0.39 is 82.6 Å². The van der Waals surface area contributed by atoms with Crippen molar-refractivity contribution >= 4 is 89.7 Å². The van der Waals surface area contributed by atoms with Crippen LogP contribution in [0.5, 0.6) is 5.75 Å². The standard InChI is InChI=1S/C86H112ClF3N12O14S3/c1-58(91-6)80(104)94-75-33-43-116-78-54-85(4,5)79(102(78)83(75)107)82(106)93-73-15-10-12-62-51-68(25-27-72(62)73)115-49-48-113-45-44-112-46-47-114-56-66-55-101(97-95-66)35-11-16-77(103)100-41-39-98(40-42-100)36-32-65(57-117-69-13-8-7-9-14-69)92-74-28-26-70(52-76(74)118(108,109)86(88,89)90)119(110,111)96-81(105)61-19-23-67(24-20-61)99-37-30-59(31-38-99)50-63-53-84(2,3)34-29-71(63)60-17-21-64(87)22-18-60/h7-9,13-14,17-28,51-52,55,58-59,65,73,75,78-79,91-92H,10-12,15-16,29-50,53-54,56-57H2,1-6H3,(H,93,106)(H,94,104)(H,96,105)/t58-,65+,73+,75-,78-,79+/m0/s1. The van der Waals surface area contributed by atoms with E-state index in [0.717, 1.165) is 105 Å². The molecule has 0 saturated carbocycles. The second kappa shape index (κ2) is 40.7. The van der Waals surface area contributed by atoms with Crippen LogP contribution in [0.25, 0.3) is 5.57 Å². The summed E-state index contributed by atoms with van der Waals surface area (Å²) in [6.07, 6.45) is 11.6. The number of aromatic nitrogens is 3. The van der Waals surface area contributed by atoms with Crippen LogP contribution >= 0.6 is 23.4 Å². The molecule has 4 fully saturated rings. The topological polar surface area (TPSA) is 304 Å². The second-order valence-electron chi connectivity index (χ2n) is 33.2. The number of rotatable bonds is 37. The van der Waals surface area contributed by atoms with E-state index >= 15 is 0 Å². The lowest BCUT2D eigenvalue weighted by atomic mass is 9.70. The Balaban J connectivity index is 0.536. The van der Waals surface area contributed by atoms with Crippen LogP contribution in [-0.4, -0.2) is 217 Å². The average Bonchev–Trinajstić information content (AvgIpc) is 1.66. The molecule has 0 spiro atoms. The number of alkyl halides is 3. The summed E-state index contributed by atoms with van der Waals surface area (Å²) in [7, 11) is -9.42. The highest BCUT2D eigenvalue weighted by molar-refractivity contribution is 7.99. The lowest BCUT2D eigenvalue weighted by molar-refractivity contribution is -0.150. The number of carbonyl (C=O) groups is 5. The third-order valence-electron chi connectivity index (χ3n) is 23.5. The predicted molar refractivity (Wildman–Crippen MR) is 449 cm³/mol. The number of nitrogens with one attached hydrogen (secondary N) is 5. The van der Waals surface area contributed by atoms with Crippen molar-refractivity contribution in [1.82, 2.24) is 50.4 Å². The molecule has 5 N–H and O–H groups in total. The normalized spacial score (nSPS) is 20.4. The van der Waals surface area contributed by atoms with Gasteiger partial charge in [-0.3, -0.25) is 33.6 Å². The summed E-state index contributed by atoms with van der Waals surface area (Å²) in [5.41, 5.74) is 1.05. The zero-order chi connectivity index (χ0) is 84.7. The minimum atomic E-state index is -6.17. The van der Waals surface area contributed by atoms with E-state index in [0.29, 0.717) is 133 Å². The number of sulfonamides is 1. The monoisotopic (exact) mass is 1720 g/mol. The highest BCUT2D eigenvalue weighted by atomic mass is 35.5. The van der Waals surface area contributed by atoms with Gasteiger partial charge < -0.3 is 59.7 Å². The number of thioether (sulfide) groups is 1. The molecule has 0 radical (unpaired) electrons. The van der Waals surface area contributed by atoms with E-state index in [1.165, 1.54) is 40.6 Å². The summed E-state index contributed by atoms with van der Waals surface area (Å²) in [6.45, 7) is 17.2. The molecule has 1 aromatic heterocycles. The summed E-state index contributed by atoms with van der Waals surface area (Å²) in [5, 5.41) is 21.2. The van der Waals surface area contributed by atoms with Crippen LogP contribution in [0.1, 0.15) is 157 Å². The first-order valence-corrected chi connectivity index (χ1v) is 45.6. The highest BCUT2D eigenvalue weighted by Crippen LogP contribution is 2.47. The van der Waals surface area contributed by atoms with Crippen molar-refractivity contribution in [3.63, 3.8) is 0 Å². The zero-order valence-electron chi connectivity index (χ0n) is 68.6. The fourth-order valence-electron chi connectivity index (χ4n) is 16.7. The molecule has 646 valence electrons. The first kappa shape index (κ1) is 90.1. The predicted octanol–water partition coefficient (Wildman–Crippen LogP) is 11.8. The summed E-state index contributed by atoms with van der Waals surface area (Å²) < 4.78 is 132. The fourth-order valence-corrected chi connectivity index (χ4v) is 19.8. The van der Waals surface area contributed by atoms with E-state index in [1.807, 2.05) is 79.2 Å². The smallest absolute Gasteiger partial charge is 0.491 e. The minimum Gasteiger partial charge on any atom is -0.491 e. The molecule has 4 saturated heterocycles. The Hall–Kier alpha value is -8.18. The first-order chi connectivity index (χ1) is 56.9. The molecule has 6 atom stereocenters. The largest absolute Gasteiger partial charge is 0.501 e. The van der Waals surface area contributed by atoms with Gasteiger partial charge in [-0.15, -0.1) is 16.9 Å². The van der Waals surface area contributed by atoms with Crippen LogP contribution in [0, 0.1) is 16.7 Å². The van der Waals surface area contributed by atoms with Gasteiger partial charge in [-0.25, -0.2) is 21.6 Å². The number of hydrogen-bond acceptors (Lipinski definition) is 21. The molecule has 12 rings (SSSR count). The Morgan fingerprint density at radius 2 is 1.50 bits per heavy atom. The minimum absolute atomic E-state index is 0.0247. The van der Waals surface area contributed by atoms with Gasteiger partial charge in [-0.1, -0.05) is 86.5 Å². The Morgan fingerprint density at radius 1 is 0.782 bits per heavy atom. The van der Waals surface area contributed by atoms with Gasteiger partial charge in [0, 0.05) is 98.2 Å². The average molecular weight is 1730 g/mol. The summed E-state index contributed by atoms with van der Waals surface area (Å²) in [6, 6.07) is 29.1. The SMILES string of the molecule is CN[C@@H](C)C(=O)N[C@H]1CCO[C@H]2CC(C)(C)[C@@H](C(=O)N[C@@H]3CCCc4cc(OCCOCCOCCOCc5cn(CCCC(=O)N6CCN(CC[C@H](CSc7ccccc7)Nc7ccc(S(=O)(=O)NC(=O)c8ccc(N9CCC(CC%10=C(c%11ccc(Cl)cc%11)CCC(C)(C)C%10)CC9)cc8)cc7S(=O)(=O)C(F)(F)F)CC6)nn5)ccc43)N2C1=O. The Labute approximate surface area is 705 Å². The van der Waals surface area contributed by atoms with Gasteiger partial charge in [-0.05, 0) is 209 Å². The van der Waals surface area contributed by atoms with Crippen LogP contribution in [-0.2, 0) is 77.6 Å². The number of piperidine rings is 1. The molecule has 26 nitrogen and oxygen atoms in total. The Kier molecular flexibility index (Phi) is 30.8. The highest BCUT2D eigenvalue weighted by Gasteiger charge is 2.56. The molecule has 0 unspecified atom stereocenters. The van der Waals surface area contributed by atoms with E-state index in [-0.39, 0.29) is 66.0 Å². The van der Waals surface area contributed by atoms with Crippen molar-refractivity contribution in [2.75, 3.05) is 115 Å². The van der Waals surface area contributed by atoms with Gasteiger partial charge in [0.05, 0.1) is 75.1 Å². The zero-order valence-corrected chi connectivity index (χ0v) is 71.8. The fraction of sp³-hybridized carbons (Fsp3) is 0.547. The number of ether oxygens (including phenoxy) is 5. The molecule has 4 aliphatic heterocycles. The molecule has 5 aromatic carbocycles. The van der Waals surface area contributed by atoms with Gasteiger partial charge in [0.2, 0.25) is 23.6 Å². The number of benzene rings is 5. The number of sulfone groups is 1. The third kappa shape index (κ3) is 24.0. The summed E-state index contributed by atoms with van der Waals surface area (Å²) in [5.74, 6) is -0.476. The quantitative estimate of drug-likeness (QED) is 0.0179. The van der Waals surface area contributed by atoms with E-state index in [1.54, 1.807) is 46.8 Å². The maximum Gasteiger partial charge on any atom is 0.501 e. The summed E-state index contributed by atoms with van der Waals surface area (Å²) in [4.78, 5) is 74.6. The number of nitrogens with zero attached hydrogens (tertiary/aromatic N) is 7.